The summed E-state index contributed by atoms with van der Waals surface area (Å²) in [6, 6.07) is 23.4. The first kappa shape index (κ1) is 24.0. The zero-order chi connectivity index (χ0) is 24.0. The van der Waals surface area contributed by atoms with Gasteiger partial charge in [0, 0.05) is 16.1 Å². The largest absolute Gasteiger partial charge is 0.439 e. The molecule has 2 amide bonds. The van der Waals surface area contributed by atoms with Crippen LogP contribution in [0.2, 0.25) is 5.02 Å². The summed E-state index contributed by atoms with van der Waals surface area (Å²) in [7, 11) is 0. The first-order valence-corrected chi connectivity index (χ1v) is 10.8. The van der Waals surface area contributed by atoms with Gasteiger partial charge in [-0.05, 0) is 69.3 Å². The molecule has 3 aromatic rings. The third-order valence-electron chi connectivity index (χ3n) is 4.74. The normalized spacial score (nSPS) is 10.9. The zero-order valence-corrected chi connectivity index (χ0v) is 19.5. The van der Waals surface area contributed by atoms with Gasteiger partial charge < -0.3 is 4.74 Å². The number of hydrogen-bond donors (Lipinski definition) is 0. The molecule has 0 saturated carbocycles. The maximum atomic E-state index is 13.5. The predicted molar refractivity (Wildman–Crippen MR) is 127 cm³/mol. The lowest BCUT2D eigenvalue weighted by Crippen LogP contribution is -2.58. The number of hydrogen-bond acceptors (Lipinski definition) is 4. The van der Waals surface area contributed by atoms with Crippen LogP contribution in [0.4, 0.5) is 0 Å². The number of esters is 1. The van der Waals surface area contributed by atoms with Gasteiger partial charge in [-0.3, -0.25) is 9.59 Å². The van der Waals surface area contributed by atoms with Crippen LogP contribution in [0.15, 0.2) is 84.9 Å². The van der Waals surface area contributed by atoms with Crippen molar-refractivity contribution in [1.29, 1.82) is 0 Å². The number of rotatable bonds is 5. The molecule has 0 saturated heterocycles. The van der Waals surface area contributed by atoms with E-state index < -0.39 is 30.1 Å². The second-order valence-corrected chi connectivity index (χ2v) is 8.73. The molecule has 0 spiro atoms. The minimum atomic E-state index is -0.811. The molecule has 3 aromatic carbocycles. The Kier molecular flexibility index (Phi) is 7.51. The van der Waals surface area contributed by atoms with Crippen LogP contribution in [0.25, 0.3) is 0 Å². The molecule has 170 valence electrons. The van der Waals surface area contributed by atoms with Crippen LogP contribution in [0.3, 0.4) is 0 Å². The van der Waals surface area contributed by atoms with Gasteiger partial charge in [0.1, 0.15) is 0 Å². The van der Waals surface area contributed by atoms with Crippen LogP contribution in [0.5, 0.6) is 0 Å². The fourth-order valence-electron chi connectivity index (χ4n) is 3.21. The van der Waals surface area contributed by atoms with Crippen molar-refractivity contribution in [3.63, 3.8) is 0 Å². The Bertz CT molecular complexity index is 1110. The molecule has 0 aliphatic heterocycles. The molecule has 0 aromatic heterocycles. The standard InChI is InChI=1S/C26H25ClN2O4/c1-26(2,3)29(24(31)19-10-6-4-7-11-19)28(23(30)20-14-16-22(27)17-15-20)18-33-25(32)21-12-8-5-9-13-21/h4-17H,18H2,1-3H3. The molecule has 0 radical (unpaired) electrons. The predicted octanol–water partition coefficient (Wildman–Crippen LogP) is 5.45. The highest BCUT2D eigenvalue weighted by atomic mass is 35.5. The van der Waals surface area contributed by atoms with Crippen molar-refractivity contribution in [2.45, 2.75) is 26.3 Å². The Morgan fingerprint density at radius 3 is 1.73 bits per heavy atom. The molecule has 0 bridgehead atoms. The molecule has 0 aliphatic carbocycles. The van der Waals surface area contributed by atoms with Gasteiger partial charge in [-0.2, -0.15) is 0 Å². The highest BCUT2D eigenvalue weighted by Crippen LogP contribution is 2.23. The topological polar surface area (TPSA) is 66.9 Å². The molecule has 0 aliphatic rings. The number of carbonyl (C=O) groups excluding carboxylic acids is 3. The summed E-state index contributed by atoms with van der Waals surface area (Å²) in [5.74, 6) is -1.52. The minimum Gasteiger partial charge on any atom is -0.439 e. The molecule has 0 atom stereocenters. The van der Waals surface area contributed by atoms with Crippen molar-refractivity contribution in [3.8, 4) is 0 Å². The fourth-order valence-corrected chi connectivity index (χ4v) is 3.33. The first-order valence-electron chi connectivity index (χ1n) is 10.4. The van der Waals surface area contributed by atoms with Crippen molar-refractivity contribution in [2.75, 3.05) is 6.73 Å². The lowest BCUT2D eigenvalue weighted by molar-refractivity contribution is -0.0826. The Hall–Kier alpha value is -3.64. The highest BCUT2D eigenvalue weighted by Gasteiger charge is 2.37. The number of amides is 2. The second kappa shape index (κ2) is 10.3. The summed E-state index contributed by atoms with van der Waals surface area (Å²) in [5, 5.41) is 2.94. The van der Waals surface area contributed by atoms with Crippen molar-refractivity contribution in [2.24, 2.45) is 0 Å². The van der Waals surface area contributed by atoms with Gasteiger partial charge in [-0.1, -0.05) is 48.0 Å². The molecule has 6 nitrogen and oxygen atoms in total. The minimum absolute atomic E-state index is 0.297. The first-order chi connectivity index (χ1) is 15.7. The average Bonchev–Trinajstić information content (AvgIpc) is 2.81. The number of hydrazine groups is 1. The summed E-state index contributed by atoms with van der Waals surface area (Å²) in [6.45, 7) is 4.95. The third-order valence-corrected chi connectivity index (χ3v) is 4.99. The SMILES string of the molecule is CC(C)(C)N(C(=O)c1ccccc1)N(COC(=O)c1ccccc1)C(=O)c1ccc(Cl)cc1. The number of benzene rings is 3. The Labute approximate surface area is 198 Å². The molecule has 0 fully saturated rings. The van der Waals surface area contributed by atoms with Crippen LogP contribution < -0.4 is 0 Å². The monoisotopic (exact) mass is 464 g/mol. The molecule has 0 unspecified atom stereocenters. The van der Waals surface area contributed by atoms with E-state index in [4.69, 9.17) is 16.3 Å². The molecule has 0 N–H and O–H groups in total. The van der Waals surface area contributed by atoms with E-state index in [0.29, 0.717) is 21.7 Å². The number of nitrogens with zero attached hydrogens (tertiary/aromatic N) is 2. The van der Waals surface area contributed by atoms with Crippen LogP contribution >= 0.6 is 11.6 Å². The Morgan fingerprint density at radius 2 is 1.21 bits per heavy atom. The van der Waals surface area contributed by atoms with Crippen LogP contribution in [-0.4, -0.2) is 40.1 Å². The molecular formula is C26H25ClN2O4. The summed E-state index contributed by atoms with van der Waals surface area (Å²) in [6.07, 6.45) is 0. The maximum absolute atomic E-state index is 13.5. The van der Waals surface area contributed by atoms with Crippen molar-refractivity contribution in [1.82, 2.24) is 10.0 Å². The van der Waals surface area contributed by atoms with Gasteiger partial charge in [-0.25, -0.2) is 14.8 Å². The van der Waals surface area contributed by atoms with Crippen molar-refractivity contribution in [3.05, 3.63) is 107 Å². The lowest BCUT2D eigenvalue weighted by Gasteiger charge is -2.42. The summed E-state index contributed by atoms with van der Waals surface area (Å²) >= 11 is 5.97. The summed E-state index contributed by atoms with van der Waals surface area (Å²) in [5.41, 5.74) is 0.225. The van der Waals surface area contributed by atoms with E-state index in [2.05, 4.69) is 0 Å². The molecule has 33 heavy (non-hydrogen) atoms. The summed E-state index contributed by atoms with van der Waals surface area (Å²) in [4.78, 5) is 39.6. The van der Waals surface area contributed by atoms with E-state index >= 15 is 0 Å². The number of halogens is 1. The Balaban J connectivity index is 1.98. The Morgan fingerprint density at radius 1 is 0.727 bits per heavy atom. The van der Waals surface area contributed by atoms with E-state index in [1.54, 1.807) is 106 Å². The highest BCUT2D eigenvalue weighted by molar-refractivity contribution is 6.30. The lowest BCUT2D eigenvalue weighted by atomic mass is 10.1. The van der Waals surface area contributed by atoms with Crippen LogP contribution in [0, 0.1) is 0 Å². The van der Waals surface area contributed by atoms with Gasteiger partial charge in [-0.15, -0.1) is 0 Å². The number of ether oxygens (including phenoxy) is 1. The number of carbonyl (C=O) groups is 3. The summed E-state index contributed by atoms with van der Waals surface area (Å²) < 4.78 is 5.46. The molecule has 0 heterocycles. The van der Waals surface area contributed by atoms with Crippen LogP contribution in [-0.2, 0) is 4.74 Å². The zero-order valence-electron chi connectivity index (χ0n) is 18.7. The third kappa shape index (κ3) is 5.99. The fraction of sp³-hybridized carbons (Fsp3) is 0.192. The molecular weight excluding hydrogens is 440 g/mol. The molecule has 3 rings (SSSR count). The quantitative estimate of drug-likeness (QED) is 0.286. The van der Waals surface area contributed by atoms with E-state index in [9.17, 15) is 14.4 Å². The van der Waals surface area contributed by atoms with Crippen LogP contribution in [0.1, 0.15) is 51.8 Å². The smallest absolute Gasteiger partial charge is 0.339 e. The van der Waals surface area contributed by atoms with Crippen molar-refractivity contribution >= 4 is 29.4 Å². The van der Waals surface area contributed by atoms with Gasteiger partial charge in [0.2, 0.25) is 0 Å². The van der Waals surface area contributed by atoms with Gasteiger partial charge in [0.15, 0.2) is 6.73 Å². The van der Waals surface area contributed by atoms with E-state index in [1.807, 2.05) is 0 Å². The van der Waals surface area contributed by atoms with Crippen molar-refractivity contribution < 1.29 is 19.1 Å². The average molecular weight is 465 g/mol. The van der Waals surface area contributed by atoms with Gasteiger partial charge >= 0.3 is 5.97 Å². The second-order valence-electron chi connectivity index (χ2n) is 8.29. The maximum Gasteiger partial charge on any atom is 0.339 e. The molecule has 7 heteroatoms. The van der Waals surface area contributed by atoms with E-state index in [1.165, 1.54) is 5.01 Å². The van der Waals surface area contributed by atoms with Gasteiger partial charge in [0.25, 0.3) is 11.8 Å². The van der Waals surface area contributed by atoms with E-state index in [-0.39, 0.29) is 0 Å². The van der Waals surface area contributed by atoms with E-state index in [0.717, 1.165) is 5.01 Å². The van der Waals surface area contributed by atoms with Gasteiger partial charge in [0.05, 0.1) is 11.1 Å².